The molecule has 1 unspecified atom stereocenters. The highest BCUT2D eigenvalue weighted by molar-refractivity contribution is 5.35. The molecule has 19 heavy (non-hydrogen) atoms. The Morgan fingerprint density at radius 2 is 2.05 bits per heavy atom. The highest BCUT2D eigenvalue weighted by atomic mass is 16.3. The minimum Gasteiger partial charge on any atom is -0.385 e. The molecule has 3 rings (SSSR count). The summed E-state index contributed by atoms with van der Waals surface area (Å²) in [5, 5.41) is 10.3. The number of nitrogens with zero attached hydrogens (tertiary/aromatic N) is 4. The quantitative estimate of drug-likeness (QED) is 0.864. The number of piperidine rings is 1. The fourth-order valence-corrected chi connectivity index (χ4v) is 2.56. The fraction of sp³-hybridized carbons (Fsp3) is 0.462. The molecule has 0 radical (unpaired) electrons. The Bertz CT molecular complexity index is 493. The average molecular weight is 259 g/mol. The Kier molecular flexibility index (Phi) is 3.41. The number of aliphatic hydroxyl groups excluding tert-OH is 1. The maximum absolute atomic E-state index is 10.3. The molecule has 0 aliphatic carbocycles. The normalized spacial score (nSPS) is 18.5. The lowest BCUT2D eigenvalue weighted by atomic mass is 9.91. The van der Waals surface area contributed by atoms with E-state index in [9.17, 15) is 5.11 Å². The molecule has 0 spiro atoms. The third-order valence-corrected chi connectivity index (χ3v) is 3.66. The summed E-state index contributed by atoms with van der Waals surface area (Å²) in [5.41, 5.74) is 0. The van der Waals surface area contributed by atoms with Gasteiger partial charge in [-0.3, -0.25) is 4.98 Å². The fourth-order valence-electron chi connectivity index (χ4n) is 2.56. The smallest absolute Gasteiger partial charge is 0.147 e. The summed E-state index contributed by atoms with van der Waals surface area (Å²) in [6.45, 7) is 1.78. The standard InChI is InChI=1S/C13H17N5O/c19-12(13-16-5-6-17-13)10-1-7-18(8-2-10)11-9-14-3-4-15-11/h3-6,9-10,12,19H,1-2,7-8H2,(H,16,17). The van der Waals surface area contributed by atoms with Crippen LogP contribution in [0.15, 0.2) is 31.0 Å². The van der Waals surface area contributed by atoms with Crippen LogP contribution in [-0.2, 0) is 0 Å². The van der Waals surface area contributed by atoms with Gasteiger partial charge in [-0.2, -0.15) is 0 Å². The molecule has 2 N–H and O–H groups in total. The Labute approximate surface area is 111 Å². The Morgan fingerprint density at radius 1 is 1.21 bits per heavy atom. The lowest BCUT2D eigenvalue weighted by Crippen LogP contribution is -2.36. The first-order valence-electron chi connectivity index (χ1n) is 6.53. The van der Waals surface area contributed by atoms with Crippen molar-refractivity contribution in [1.82, 2.24) is 19.9 Å². The van der Waals surface area contributed by atoms with Crippen LogP contribution in [-0.4, -0.2) is 38.1 Å². The molecule has 1 aliphatic heterocycles. The summed E-state index contributed by atoms with van der Waals surface area (Å²) in [6.07, 6.45) is 9.94. The van der Waals surface area contributed by atoms with Gasteiger partial charge in [0.25, 0.3) is 0 Å². The molecule has 0 amide bonds. The van der Waals surface area contributed by atoms with Crippen molar-refractivity contribution in [1.29, 1.82) is 0 Å². The monoisotopic (exact) mass is 259 g/mol. The Balaban J connectivity index is 1.61. The second kappa shape index (κ2) is 5.36. The molecule has 1 aliphatic rings. The van der Waals surface area contributed by atoms with Crippen LogP contribution in [0.25, 0.3) is 0 Å². The van der Waals surface area contributed by atoms with Crippen molar-refractivity contribution in [3.05, 3.63) is 36.8 Å². The molecule has 100 valence electrons. The van der Waals surface area contributed by atoms with Crippen molar-refractivity contribution in [2.45, 2.75) is 18.9 Å². The molecule has 6 heteroatoms. The van der Waals surface area contributed by atoms with E-state index in [-0.39, 0.29) is 5.92 Å². The first-order chi connectivity index (χ1) is 9.34. The summed E-state index contributed by atoms with van der Waals surface area (Å²) in [7, 11) is 0. The van der Waals surface area contributed by atoms with Gasteiger partial charge in [0.2, 0.25) is 0 Å². The topological polar surface area (TPSA) is 77.9 Å². The van der Waals surface area contributed by atoms with Crippen LogP contribution in [0.3, 0.4) is 0 Å². The Morgan fingerprint density at radius 3 is 2.68 bits per heavy atom. The molecule has 1 fully saturated rings. The number of anilines is 1. The summed E-state index contributed by atoms with van der Waals surface area (Å²) >= 11 is 0. The number of aliphatic hydroxyl groups is 1. The van der Waals surface area contributed by atoms with Gasteiger partial charge in [0, 0.05) is 37.9 Å². The summed E-state index contributed by atoms with van der Waals surface area (Å²) in [5.74, 6) is 1.82. The van der Waals surface area contributed by atoms with Gasteiger partial charge >= 0.3 is 0 Å². The van der Waals surface area contributed by atoms with Crippen molar-refractivity contribution >= 4 is 5.82 Å². The van der Waals surface area contributed by atoms with Crippen molar-refractivity contribution in [3.8, 4) is 0 Å². The number of nitrogens with one attached hydrogen (secondary N) is 1. The van der Waals surface area contributed by atoms with Crippen LogP contribution in [0.4, 0.5) is 5.82 Å². The van der Waals surface area contributed by atoms with Gasteiger partial charge in [0.1, 0.15) is 17.7 Å². The molecule has 3 heterocycles. The molecule has 0 aromatic carbocycles. The number of imidazole rings is 1. The van der Waals surface area contributed by atoms with E-state index >= 15 is 0 Å². The highest BCUT2D eigenvalue weighted by Gasteiger charge is 2.27. The number of hydrogen-bond donors (Lipinski definition) is 2. The van der Waals surface area contributed by atoms with E-state index in [1.807, 2.05) is 0 Å². The van der Waals surface area contributed by atoms with E-state index in [0.29, 0.717) is 5.82 Å². The van der Waals surface area contributed by atoms with E-state index in [1.54, 1.807) is 31.0 Å². The second-order valence-electron chi connectivity index (χ2n) is 4.81. The summed E-state index contributed by atoms with van der Waals surface area (Å²) in [6, 6.07) is 0. The van der Waals surface area contributed by atoms with Crippen LogP contribution in [0.5, 0.6) is 0 Å². The van der Waals surface area contributed by atoms with Gasteiger partial charge in [-0.15, -0.1) is 0 Å². The van der Waals surface area contributed by atoms with Crippen molar-refractivity contribution in [3.63, 3.8) is 0 Å². The summed E-state index contributed by atoms with van der Waals surface area (Å²) < 4.78 is 0. The minimum absolute atomic E-state index is 0.249. The lowest BCUT2D eigenvalue weighted by Gasteiger charge is -2.34. The minimum atomic E-state index is -0.501. The highest BCUT2D eigenvalue weighted by Crippen LogP contribution is 2.30. The second-order valence-corrected chi connectivity index (χ2v) is 4.81. The SMILES string of the molecule is OC(c1ncc[nH]1)C1CCN(c2cnccn2)CC1. The van der Waals surface area contributed by atoms with Gasteiger partial charge < -0.3 is 15.0 Å². The number of aromatic nitrogens is 4. The number of hydrogen-bond acceptors (Lipinski definition) is 5. The maximum atomic E-state index is 10.3. The van der Waals surface area contributed by atoms with E-state index in [4.69, 9.17) is 0 Å². The largest absolute Gasteiger partial charge is 0.385 e. The molecule has 1 saturated heterocycles. The van der Waals surface area contributed by atoms with Crippen LogP contribution in [0.2, 0.25) is 0 Å². The van der Waals surface area contributed by atoms with Crippen LogP contribution in [0.1, 0.15) is 24.8 Å². The summed E-state index contributed by atoms with van der Waals surface area (Å²) in [4.78, 5) is 17.7. The Hall–Kier alpha value is -1.95. The zero-order chi connectivity index (χ0) is 13.1. The molecule has 2 aromatic heterocycles. The molecule has 0 saturated carbocycles. The molecule has 6 nitrogen and oxygen atoms in total. The van der Waals surface area contributed by atoms with E-state index in [2.05, 4.69) is 24.8 Å². The zero-order valence-corrected chi connectivity index (χ0v) is 10.6. The molecular weight excluding hydrogens is 242 g/mol. The van der Waals surface area contributed by atoms with E-state index in [0.717, 1.165) is 31.7 Å². The van der Waals surface area contributed by atoms with Gasteiger partial charge in [-0.05, 0) is 18.8 Å². The van der Waals surface area contributed by atoms with Gasteiger partial charge in [-0.1, -0.05) is 0 Å². The molecular formula is C13H17N5O. The molecule has 0 bridgehead atoms. The maximum Gasteiger partial charge on any atom is 0.147 e. The molecule has 2 aromatic rings. The first-order valence-corrected chi connectivity index (χ1v) is 6.53. The molecule has 1 atom stereocenters. The number of rotatable bonds is 3. The average Bonchev–Trinajstić information content (AvgIpc) is 3.02. The zero-order valence-electron chi connectivity index (χ0n) is 10.6. The van der Waals surface area contributed by atoms with Crippen molar-refractivity contribution < 1.29 is 5.11 Å². The first kappa shape index (κ1) is 12.1. The predicted octanol–water partition coefficient (Wildman–Crippen LogP) is 1.15. The van der Waals surface area contributed by atoms with Gasteiger partial charge in [0.15, 0.2) is 0 Å². The lowest BCUT2D eigenvalue weighted by molar-refractivity contribution is 0.0856. The van der Waals surface area contributed by atoms with Crippen LogP contribution in [0, 0.1) is 5.92 Å². The van der Waals surface area contributed by atoms with Gasteiger partial charge in [-0.25, -0.2) is 9.97 Å². The third kappa shape index (κ3) is 2.58. The van der Waals surface area contributed by atoms with E-state index < -0.39 is 6.10 Å². The number of H-pyrrole nitrogens is 1. The third-order valence-electron chi connectivity index (χ3n) is 3.66. The van der Waals surface area contributed by atoms with E-state index in [1.165, 1.54) is 0 Å². The van der Waals surface area contributed by atoms with Crippen molar-refractivity contribution in [2.75, 3.05) is 18.0 Å². The van der Waals surface area contributed by atoms with Crippen LogP contribution < -0.4 is 4.90 Å². The number of aromatic amines is 1. The predicted molar refractivity (Wildman–Crippen MR) is 70.5 cm³/mol. The van der Waals surface area contributed by atoms with Gasteiger partial charge in [0.05, 0.1) is 6.20 Å². The van der Waals surface area contributed by atoms with Crippen molar-refractivity contribution in [2.24, 2.45) is 5.92 Å². The van der Waals surface area contributed by atoms with Crippen LogP contribution >= 0.6 is 0 Å².